The van der Waals surface area contributed by atoms with Crippen molar-refractivity contribution in [2.24, 2.45) is 16.8 Å². The second kappa shape index (κ2) is 12.1. The third kappa shape index (κ3) is 5.77. The Hall–Kier alpha value is -3.29. The maximum Gasteiger partial charge on any atom is 0.322 e. The number of rotatable bonds is 4. The molecule has 2 unspecified atom stereocenters. The summed E-state index contributed by atoms with van der Waals surface area (Å²) in [6.07, 6.45) is 16.8. The molecule has 1 aromatic carbocycles. The molecule has 6 rings (SSSR count). The minimum absolute atomic E-state index is 0.0144. The third-order valence-electron chi connectivity index (χ3n) is 9.74. The van der Waals surface area contributed by atoms with E-state index in [2.05, 4.69) is 32.3 Å². The molecule has 0 bridgehead atoms. The summed E-state index contributed by atoms with van der Waals surface area (Å²) in [5.41, 5.74) is 3.76. The molecule has 3 amide bonds. The SMILES string of the molecule is COc1ccc2c(c1)CCN(C1CCN(/C3=C/C(C(=O)N4CCC5CCCCC5C4)=N/C=C\CC3)CC1)C(=O)N2. The Morgan fingerprint density at radius 2 is 1.82 bits per heavy atom. The normalized spacial score (nSPS) is 29.3. The number of allylic oxidation sites excluding steroid dienone is 2. The number of urea groups is 1. The van der Waals surface area contributed by atoms with Crippen LogP contribution in [0.3, 0.4) is 0 Å². The van der Waals surface area contributed by atoms with Crippen LogP contribution >= 0.6 is 0 Å². The number of piperidine rings is 2. The quantitative estimate of drug-likeness (QED) is 0.563. The number of carbonyl (C=O) groups excluding carboxylic acids is 2. The Kier molecular flexibility index (Phi) is 8.12. The molecule has 8 nitrogen and oxygen atoms in total. The molecule has 0 aromatic heterocycles. The zero-order chi connectivity index (χ0) is 27.5. The molecule has 3 fully saturated rings. The highest BCUT2D eigenvalue weighted by Crippen LogP contribution is 2.36. The average Bonchev–Trinajstić information content (AvgIpc) is 3.14. The molecule has 5 aliphatic rings. The largest absolute Gasteiger partial charge is 0.497 e. The molecule has 2 atom stereocenters. The minimum atomic E-state index is -0.0144. The van der Waals surface area contributed by atoms with Gasteiger partial charge in [0.1, 0.15) is 11.5 Å². The molecule has 2 saturated heterocycles. The molecule has 1 aromatic rings. The second-order valence-corrected chi connectivity index (χ2v) is 12.0. The van der Waals surface area contributed by atoms with E-state index in [1.165, 1.54) is 31.4 Å². The topological polar surface area (TPSA) is 77.5 Å². The van der Waals surface area contributed by atoms with Gasteiger partial charge in [-0.15, -0.1) is 0 Å². The van der Waals surface area contributed by atoms with Gasteiger partial charge >= 0.3 is 6.03 Å². The van der Waals surface area contributed by atoms with Crippen LogP contribution in [0.15, 0.2) is 47.2 Å². The lowest BCUT2D eigenvalue weighted by molar-refractivity contribution is -0.127. The first-order chi connectivity index (χ1) is 19.6. The Balaban J connectivity index is 1.09. The zero-order valence-corrected chi connectivity index (χ0v) is 23.8. The number of hydrogen-bond acceptors (Lipinski definition) is 5. The van der Waals surface area contributed by atoms with Gasteiger partial charge in [-0.1, -0.05) is 25.3 Å². The van der Waals surface area contributed by atoms with E-state index in [1.54, 1.807) is 7.11 Å². The highest BCUT2D eigenvalue weighted by atomic mass is 16.5. The van der Waals surface area contributed by atoms with Gasteiger partial charge in [-0.05, 0) is 86.6 Å². The van der Waals surface area contributed by atoms with Crippen molar-refractivity contribution in [3.05, 3.63) is 47.8 Å². The number of methoxy groups -OCH3 is 1. The van der Waals surface area contributed by atoms with Crippen LogP contribution in [-0.4, -0.2) is 78.2 Å². The fraction of sp³-hybridized carbons (Fsp3) is 0.594. The summed E-state index contributed by atoms with van der Waals surface area (Å²) in [7, 11) is 1.67. The van der Waals surface area contributed by atoms with E-state index in [1.807, 2.05) is 29.3 Å². The summed E-state index contributed by atoms with van der Waals surface area (Å²) in [4.78, 5) is 37.9. The third-order valence-corrected chi connectivity index (χ3v) is 9.74. The van der Waals surface area contributed by atoms with Crippen LogP contribution < -0.4 is 10.1 Å². The summed E-state index contributed by atoms with van der Waals surface area (Å²) in [6, 6.07) is 6.04. The Morgan fingerprint density at radius 1 is 1.00 bits per heavy atom. The number of anilines is 1. The van der Waals surface area contributed by atoms with Gasteiger partial charge < -0.3 is 24.8 Å². The van der Waals surface area contributed by atoms with E-state index in [0.29, 0.717) is 18.2 Å². The van der Waals surface area contributed by atoms with Gasteiger partial charge in [0.25, 0.3) is 5.91 Å². The molecule has 1 aliphatic carbocycles. The predicted octanol–water partition coefficient (Wildman–Crippen LogP) is 5.22. The number of amides is 3. The molecule has 4 heterocycles. The average molecular weight is 546 g/mol. The summed E-state index contributed by atoms with van der Waals surface area (Å²) < 4.78 is 5.38. The number of ether oxygens (including phenoxy) is 1. The van der Waals surface area contributed by atoms with Crippen molar-refractivity contribution < 1.29 is 14.3 Å². The Bertz CT molecular complexity index is 1200. The second-order valence-electron chi connectivity index (χ2n) is 12.0. The van der Waals surface area contributed by atoms with Crippen molar-refractivity contribution in [2.45, 2.75) is 70.3 Å². The fourth-order valence-corrected chi connectivity index (χ4v) is 7.39. The van der Waals surface area contributed by atoms with Crippen LogP contribution in [-0.2, 0) is 11.2 Å². The summed E-state index contributed by atoms with van der Waals surface area (Å²) >= 11 is 0. The van der Waals surface area contributed by atoms with E-state index < -0.39 is 0 Å². The van der Waals surface area contributed by atoms with Crippen LogP contribution in [0.1, 0.15) is 63.4 Å². The van der Waals surface area contributed by atoms with Gasteiger partial charge in [0, 0.05) is 56.4 Å². The van der Waals surface area contributed by atoms with E-state index in [-0.39, 0.29) is 18.0 Å². The van der Waals surface area contributed by atoms with Gasteiger partial charge in [0.15, 0.2) is 0 Å². The van der Waals surface area contributed by atoms with Crippen LogP contribution in [0, 0.1) is 11.8 Å². The van der Waals surface area contributed by atoms with Crippen molar-refractivity contribution in [1.29, 1.82) is 0 Å². The highest BCUT2D eigenvalue weighted by Gasteiger charge is 2.35. The van der Waals surface area contributed by atoms with Crippen LogP contribution in [0.2, 0.25) is 0 Å². The van der Waals surface area contributed by atoms with Crippen LogP contribution in [0.4, 0.5) is 10.5 Å². The van der Waals surface area contributed by atoms with Crippen LogP contribution in [0.25, 0.3) is 0 Å². The Labute approximate surface area is 238 Å². The summed E-state index contributed by atoms with van der Waals surface area (Å²) in [5, 5.41) is 3.12. The fourth-order valence-electron chi connectivity index (χ4n) is 7.39. The molecule has 1 saturated carbocycles. The molecule has 0 spiro atoms. The zero-order valence-electron chi connectivity index (χ0n) is 23.8. The number of nitrogens with zero attached hydrogens (tertiary/aromatic N) is 4. The molecule has 214 valence electrons. The van der Waals surface area contributed by atoms with E-state index >= 15 is 0 Å². The van der Waals surface area contributed by atoms with E-state index in [0.717, 1.165) is 87.6 Å². The van der Waals surface area contributed by atoms with Gasteiger partial charge in [-0.2, -0.15) is 0 Å². The van der Waals surface area contributed by atoms with Crippen molar-refractivity contribution in [1.82, 2.24) is 14.7 Å². The number of fused-ring (bicyclic) bond motifs is 2. The van der Waals surface area contributed by atoms with Crippen molar-refractivity contribution >= 4 is 23.3 Å². The number of aliphatic imine (C=N–C) groups is 1. The van der Waals surface area contributed by atoms with Crippen LogP contribution in [0.5, 0.6) is 5.75 Å². The monoisotopic (exact) mass is 545 g/mol. The number of carbonyl (C=O) groups is 2. The highest BCUT2D eigenvalue weighted by molar-refractivity contribution is 6.43. The van der Waals surface area contributed by atoms with Crippen molar-refractivity contribution in [3.63, 3.8) is 0 Å². The first-order valence-corrected chi connectivity index (χ1v) is 15.3. The number of benzene rings is 1. The van der Waals surface area contributed by atoms with E-state index in [4.69, 9.17) is 4.74 Å². The molecule has 8 heteroatoms. The maximum atomic E-state index is 13.6. The van der Waals surface area contributed by atoms with E-state index in [9.17, 15) is 9.59 Å². The first-order valence-electron chi connectivity index (χ1n) is 15.3. The van der Waals surface area contributed by atoms with Crippen molar-refractivity contribution in [3.8, 4) is 5.75 Å². The molecular weight excluding hydrogens is 502 g/mol. The Morgan fingerprint density at radius 3 is 2.65 bits per heavy atom. The smallest absolute Gasteiger partial charge is 0.322 e. The number of likely N-dealkylation sites (tertiary alicyclic amines) is 2. The number of hydrogen-bond donors (Lipinski definition) is 1. The number of nitrogens with one attached hydrogen (secondary N) is 1. The summed E-state index contributed by atoms with van der Waals surface area (Å²) in [5.74, 6) is 2.36. The van der Waals surface area contributed by atoms with Gasteiger partial charge in [0.05, 0.1) is 7.11 Å². The molecule has 1 N–H and O–H groups in total. The molecule has 4 aliphatic heterocycles. The van der Waals surface area contributed by atoms with Gasteiger partial charge in [-0.3, -0.25) is 9.79 Å². The maximum absolute atomic E-state index is 13.6. The van der Waals surface area contributed by atoms with Crippen molar-refractivity contribution in [2.75, 3.05) is 45.2 Å². The lowest BCUT2D eigenvalue weighted by Crippen LogP contribution is -2.49. The minimum Gasteiger partial charge on any atom is -0.497 e. The standard InChI is InChI=1S/C32H43N5O3/c1-40-28-9-10-29-24(20-28)12-19-37(32(39)34-29)26-13-17-35(18-14-26)27-8-4-5-15-33-30(21-27)31(38)36-16-11-23-6-2-3-7-25(23)22-36/h5,9-10,15,20-21,23,25-26H,2-4,6-8,11-14,16-19,22H2,1H3,(H,34,39)/b15-5-,27-21+,33-30-. The predicted molar refractivity (Wildman–Crippen MR) is 158 cm³/mol. The lowest BCUT2D eigenvalue weighted by atomic mass is 9.75. The lowest BCUT2D eigenvalue weighted by Gasteiger charge is -2.41. The summed E-state index contributed by atoms with van der Waals surface area (Å²) in [6.45, 7) is 4.19. The molecule has 0 radical (unpaired) electrons. The molecular formula is C32H43N5O3. The van der Waals surface area contributed by atoms with Gasteiger partial charge in [0.2, 0.25) is 0 Å². The first kappa shape index (κ1) is 26.9. The van der Waals surface area contributed by atoms with Gasteiger partial charge in [-0.25, -0.2) is 4.79 Å². The molecule has 40 heavy (non-hydrogen) atoms.